The Morgan fingerprint density at radius 3 is 2.33 bits per heavy atom. The number of H-pyrrole nitrogens is 1. The molecule has 0 aliphatic heterocycles. The van der Waals surface area contributed by atoms with Crippen LogP contribution in [0.4, 0.5) is 0 Å². The molecular weight excluding hydrogens is 364 g/mol. The third-order valence-corrected chi connectivity index (χ3v) is 4.82. The summed E-state index contributed by atoms with van der Waals surface area (Å²) in [6.07, 6.45) is 0.505. The van der Waals surface area contributed by atoms with Gasteiger partial charge < -0.3 is 14.6 Å². The summed E-state index contributed by atoms with van der Waals surface area (Å²) in [6, 6.07) is 13.2. The summed E-state index contributed by atoms with van der Waals surface area (Å²) in [4.78, 5) is 29.7. The Morgan fingerprint density at radius 2 is 1.74 bits per heavy atom. The fraction of sp³-hybridized carbons (Fsp3) is 0.238. The first-order valence-corrected chi connectivity index (χ1v) is 9.07. The van der Waals surface area contributed by atoms with E-state index in [4.69, 9.17) is 16.3 Å². The molecule has 6 heteroatoms. The van der Waals surface area contributed by atoms with Crippen LogP contribution in [0.5, 0.6) is 0 Å². The molecule has 0 radical (unpaired) electrons. The van der Waals surface area contributed by atoms with Gasteiger partial charge in [-0.2, -0.15) is 0 Å². The van der Waals surface area contributed by atoms with Crippen LogP contribution in [0.1, 0.15) is 37.5 Å². The molecule has 0 bridgehead atoms. The highest BCUT2D eigenvalue weighted by atomic mass is 35.5. The number of amides is 1. The Hall–Kier alpha value is -2.79. The Labute approximate surface area is 162 Å². The first-order valence-electron chi connectivity index (χ1n) is 8.53. The van der Waals surface area contributed by atoms with Gasteiger partial charge in [-0.25, -0.2) is 4.79 Å². The molecule has 0 saturated heterocycles. The number of rotatable bonds is 5. The SMILES string of the molecule is COC(=O)c1cccc2[nH]c(C(=O)N(C)C)c(Cc3ccc(CCl)cc3)c12. The molecule has 0 unspecified atom stereocenters. The molecule has 140 valence electrons. The third kappa shape index (κ3) is 3.69. The molecule has 1 N–H and O–H groups in total. The van der Waals surface area contributed by atoms with Gasteiger partial charge in [-0.15, -0.1) is 11.6 Å². The highest BCUT2D eigenvalue weighted by Crippen LogP contribution is 2.29. The Balaban J connectivity index is 2.20. The monoisotopic (exact) mass is 384 g/mol. The second-order valence-corrected chi connectivity index (χ2v) is 6.79. The summed E-state index contributed by atoms with van der Waals surface area (Å²) < 4.78 is 4.93. The quantitative estimate of drug-likeness (QED) is 0.534. The minimum Gasteiger partial charge on any atom is -0.465 e. The van der Waals surface area contributed by atoms with Crippen LogP contribution in [-0.2, 0) is 17.0 Å². The van der Waals surface area contributed by atoms with Gasteiger partial charge in [0.25, 0.3) is 5.91 Å². The van der Waals surface area contributed by atoms with E-state index in [9.17, 15) is 9.59 Å². The number of methoxy groups -OCH3 is 1. The van der Waals surface area contributed by atoms with Gasteiger partial charge in [0.2, 0.25) is 0 Å². The molecule has 3 rings (SSSR count). The molecule has 1 heterocycles. The number of carbonyl (C=O) groups excluding carboxylic acids is 2. The third-order valence-electron chi connectivity index (χ3n) is 4.51. The van der Waals surface area contributed by atoms with Crippen molar-refractivity contribution in [1.82, 2.24) is 9.88 Å². The van der Waals surface area contributed by atoms with E-state index in [1.54, 1.807) is 26.2 Å². The lowest BCUT2D eigenvalue weighted by Crippen LogP contribution is -2.23. The summed E-state index contributed by atoms with van der Waals surface area (Å²) in [5, 5.41) is 0.718. The van der Waals surface area contributed by atoms with Crippen LogP contribution < -0.4 is 0 Å². The molecular formula is C21H21ClN2O3. The Morgan fingerprint density at radius 1 is 1.07 bits per heavy atom. The van der Waals surface area contributed by atoms with Gasteiger partial charge in [0.15, 0.2) is 0 Å². The normalized spacial score (nSPS) is 10.8. The minimum absolute atomic E-state index is 0.144. The number of nitrogens with zero attached hydrogens (tertiary/aromatic N) is 1. The molecule has 27 heavy (non-hydrogen) atoms. The number of hydrogen-bond donors (Lipinski definition) is 1. The number of benzene rings is 2. The number of hydrogen-bond acceptors (Lipinski definition) is 3. The zero-order chi connectivity index (χ0) is 19.6. The van der Waals surface area contributed by atoms with E-state index in [0.29, 0.717) is 23.6 Å². The Bertz CT molecular complexity index is 991. The molecule has 0 spiro atoms. The van der Waals surface area contributed by atoms with Crippen molar-refractivity contribution in [3.05, 3.63) is 70.4 Å². The molecule has 0 aliphatic rings. The average molecular weight is 385 g/mol. The van der Waals surface area contributed by atoms with E-state index in [1.807, 2.05) is 30.3 Å². The van der Waals surface area contributed by atoms with Gasteiger partial charge in [-0.05, 0) is 28.8 Å². The number of aromatic amines is 1. The van der Waals surface area contributed by atoms with Crippen LogP contribution in [0.25, 0.3) is 10.9 Å². The lowest BCUT2D eigenvalue weighted by Gasteiger charge is -2.12. The maximum Gasteiger partial charge on any atom is 0.338 e. The van der Waals surface area contributed by atoms with Gasteiger partial charge in [0.05, 0.1) is 12.7 Å². The number of esters is 1. The number of ether oxygens (including phenoxy) is 1. The number of nitrogens with one attached hydrogen (secondary N) is 1. The molecule has 1 aromatic heterocycles. The van der Waals surface area contributed by atoms with Crippen molar-refractivity contribution in [2.45, 2.75) is 12.3 Å². The van der Waals surface area contributed by atoms with Crippen molar-refractivity contribution in [3.8, 4) is 0 Å². The molecule has 0 atom stereocenters. The predicted molar refractivity (Wildman–Crippen MR) is 106 cm³/mol. The van der Waals surface area contributed by atoms with Gasteiger partial charge in [0.1, 0.15) is 5.69 Å². The number of halogens is 1. The van der Waals surface area contributed by atoms with Crippen molar-refractivity contribution in [2.75, 3.05) is 21.2 Å². The highest BCUT2D eigenvalue weighted by Gasteiger charge is 2.23. The highest BCUT2D eigenvalue weighted by molar-refractivity contribution is 6.17. The number of fused-ring (bicyclic) bond motifs is 1. The molecule has 3 aromatic rings. The number of carbonyl (C=O) groups is 2. The van der Waals surface area contributed by atoms with Gasteiger partial charge >= 0.3 is 5.97 Å². The largest absolute Gasteiger partial charge is 0.465 e. The van der Waals surface area contributed by atoms with E-state index in [2.05, 4.69) is 4.98 Å². The van der Waals surface area contributed by atoms with Gasteiger partial charge in [-0.1, -0.05) is 30.3 Å². The molecule has 2 aromatic carbocycles. The maximum absolute atomic E-state index is 12.7. The summed E-state index contributed by atoms with van der Waals surface area (Å²) in [7, 11) is 4.76. The molecule has 0 fully saturated rings. The first-order chi connectivity index (χ1) is 13.0. The standard InChI is InChI=1S/C21H21ClN2O3/c1-24(2)20(25)19-16(11-13-7-9-14(12-22)10-8-13)18-15(21(26)27-3)5-4-6-17(18)23-19/h4-10,23H,11-12H2,1-3H3. The van der Waals surface area contributed by atoms with E-state index in [-0.39, 0.29) is 5.91 Å². The zero-order valence-corrected chi connectivity index (χ0v) is 16.3. The van der Waals surface area contributed by atoms with Gasteiger partial charge in [-0.3, -0.25) is 4.79 Å². The lowest BCUT2D eigenvalue weighted by atomic mass is 9.97. The van der Waals surface area contributed by atoms with E-state index < -0.39 is 5.97 Å². The second kappa shape index (κ2) is 7.84. The topological polar surface area (TPSA) is 62.4 Å². The summed E-state index contributed by atoms with van der Waals surface area (Å²) >= 11 is 5.87. The smallest absolute Gasteiger partial charge is 0.338 e. The van der Waals surface area contributed by atoms with Crippen LogP contribution in [0.2, 0.25) is 0 Å². The van der Waals surface area contributed by atoms with E-state index >= 15 is 0 Å². The van der Waals surface area contributed by atoms with Crippen LogP contribution in [0.15, 0.2) is 42.5 Å². The number of alkyl halides is 1. The summed E-state index contributed by atoms with van der Waals surface area (Å²) in [5.41, 5.74) is 4.49. The van der Waals surface area contributed by atoms with E-state index in [1.165, 1.54) is 12.0 Å². The van der Waals surface area contributed by atoms with Crippen molar-refractivity contribution in [2.24, 2.45) is 0 Å². The van der Waals surface area contributed by atoms with Crippen molar-refractivity contribution < 1.29 is 14.3 Å². The fourth-order valence-corrected chi connectivity index (χ4v) is 3.31. The van der Waals surface area contributed by atoms with Crippen LogP contribution in [-0.4, -0.2) is 43.0 Å². The molecule has 1 amide bonds. The first kappa shape index (κ1) is 19.0. The molecule has 0 aliphatic carbocycles. The van der Waals surface area contributed by atoms with E-state index in [0.717, 1.165) is 27.6 Å². The van der Waals surface area contributed by atoms with Crippen molar-refractivity contribution >= 4 is 34.4 Å². The predicted octanol–water partition coefficient (Wildman–Crippen LogP) is 3.99. The molecule has 0 saturated carbocycles. The minimum atomic E-state index is -0.429. The van der Waals surface area contributed by atoms with Crippen LogP contribution in [0.3, 0.4) is 0 Å². The van der Waals surface area contributed by atoms with Crippen molar-refractivity contribution in [3.63, 3.8) is 0 Å². The van der Waals surface area contributed by atoms with Gasteiger partial charge in [0, 0.05) is 37.3 Å². The van der Waals surface area contributed by atoms with Crippen molar-refractivity contribution in [1.29, 1.82) is 0 Å². The maximum atomic E-state index is 12.7. The zero-order valence-electron chi connectivity index (χ0n) is 15.5. The average Bonchev–Trinajstić information content (AvgIpc) is 3.05. The second-order valence-electron chi connectivity index (χ2n) is 6.52. The fourth-order valence-electron chi connectivity index (χ4n) is 3.13. The lowest BCUT2D eigenvalue weighted by molar-refractivity contribution is 0.0602. The van der Waals surface area contributed by atoms with Crippen LogP contribution in [0, 0.1) is 0 Å². The Kier molecular flexibility index (Phi) is 5.51. The summed E-state index contributed by atoms with van der Waals surface area (Å²) in [6.45, 7) is 0. The summed E-state index contributed by atoms with van der Waals surface area (Å²) in [5.74, 6) is -0.124. The van der Waals surface area contributed by atoms with Crippen LogP contribution >= 0.6 is 11.6 Å². The molecule has 5 nitrogen and oxygen atoms in total. The number of aromatic nitrogens is 1.